The Morgan fingerprint density at radius 2 is 1.94 bits per heavy atom. The first kappa shape index (κ1) is 22.1. The summed E-state index contributed by atoms with van der Waals surface area (Å²) in [6, 6.07) is 21.3. The average Bonchev–Trinajstić information content (AvgIpc) is 2.82. The van der Waals surface area contributed by atoms with Crippen molar-refractivity contribution in [2.24, 2.45) is 5.73 Å². The molecule has 1 unspecified atom stereocenters. The van der Waals surface area contributed by atoms with Gasteiger partial charge in [-0.3, -0.25) is 0 Å². The van der Waals surface area contributed by atoms with Crippen LogP contribution < -0.4 is 24.7 Å². The maximum absolute atomic E-state index is 12.3. The first-order valence-corrected chi connectivity index (χ1v) is 10.3. The van der Waals surface area contributed by atoms with E-state index in [1.165, 1.54) is 0 Å². The lowest BCUT2D eigenvalue weighted by Gasteiger charge is -2.27. The largest absolute Gasteiger partial charge is 0.497 e. The minimum Gasteiger partial charge on any atom is -0.497 e. The third kappa shape index (κ3) is 4.71. The van der Waals surface area contributed by atoms with Gasteiger partial charge in [0.15, 0.2) is 6.61 Å². The second kappa shape index (κ2) is 9.55. The van der Waals surface area contributed by atoms with Crippen molar-refractivity contribution in [3.8, 4) is 29.1 Å². The van der Waals surface area contributed by atoms with Crippen molar-refractivity contribution in [1.82, 2.24) is 0 Å². The topological polar surface area (TPSA) is 104 Å². The quantitative estimate of drug-likeness (QED) is 0.423. The van der Waals surface area contributed by atoms with Crippen molar-refractivity contribution >= 4 is 17.6 Å². The van der Waals surface area contributed by atoms with E-state index in [0.29, 0.717) is 27.8 Å². The summed E-state index contributed by atoms with van der Waals surface area (Å²) in [4.78, 5) is 12.3. The van der Waals surface area contributed by atoms with Crippen molar-refractivity contribution in [3.05, 3.63) is 94.3 Å². The van der Waals surface area contributed by atoms with Crippen LogP contribution in [-0.4, -0.2) is 19.7 Å². The number of carbonyl (C=O) groups is 1. The van der Waals surface area contributed by atoms with Crippen LogP contribution in [0.25, 0.3) is 0 Å². The number of nitrogens with zero attached hydrogens (tertiary/aromatic N) is 1. The summed E-state index contributed by atoms with van der Waals surface area (Å²) in [6.45, 7) is -0.325. The third-order valence-electron chi connectivity index (χ3n) is 5.03. The summed E-state index contributed by atoms with van der Waals surface area (Å²) in [6.07, 6.45) is 0. The van der Waals surface area contributed by atoms with E-state index in [0.717, 1.165) is 5.56 Å². The van der Waals surface area contributed by atoms with Gasteiger partial charge >= 0.3 is 5.97 Å². The van der Waals surface area contributed by atoms with Gasteiger partial charge in [-0.05, 0) is 35.9 Å². The van der Waals surface area contributed by atoms with Crippen LogP contribution in [0, 0.1) is 11.3 Å². The fourth-order valence-electron chi connectivity index (χ4n) is 3.52. The molecular weight excluding hydrogens is 444 g/mol. The third-order valence-corrected chi connectivity index (χ3v) is 5.34. The van der Waals surface area contributed by atoms with Gasteiger partial charge in [-0.15, -0.1) is 0 Å². The van der Waals surface area contributed by atoms with Crippen LogP contribution in [0.1, 0.15) is 17.0 Å². The fraction of sp³-hybridized carbons (Fsp3) is 0.120. The first-order chi connectivity index (χ1) is 16.0. The number of hydrogen-bond donors (Lipinski definition) is 1. The van der Waals surface area contributed by atoms with Crippen molar-refractivity contribution in [2.75, 3.05) is 13.7 Å². The van der Waals surface area contributed by atoms with Gasteiger partial charge in [0.25, 0.3) is 0 Å². The summed E-state index contributed by atoms with van der Waals surface area (Å²) in [7, 11) is 1.57. The van der Waals surface area contributed by atoms with Gasteiger partial charge in [-0.2, -0.15) is 5.26 Å². The number of nitrogens with two attached hydrogens (primary N) is 1. The number of nitriles is 1. The Morgan fingerprint density at radius 3 is 2.70 bits per heavy atom. The number of halogens is 1. The second-order valence-electron chi connectivity index (χ2n) is 7.09. The molecule has 0 bridgehead atoms. The van der Waals surface area contributed by atoms with Crippen LogP contribution in [0.4, 0.5) is 0 Å². The highest BCUT2D eigenvalue weighted by Gasteiger charge is 2.31. The van der Waals surface area contributed by atoms with Crippen molar-refractivity contribution in [1.29, 1.82) is 5.26 Å². The van der Waals surface area contributed by atoms with Crippen molar-refractivity contribution in [2.45, 2.75) is 5.92 Å². The average molecular weight is 463 g/mol. The molecule has 0 saturated heterocycles. The van der Waals surface area contributed by atoms with E-state index in [1.807, 2.05) is 24.3 Å². The van der Waals surface area contributed by atoms with Crippen LogP contribution in [-0.2, 0) is 4.79 Å². The molecule has 33 heavy (non-hydrogen) atoms. The number of fused-ring (bicyclic) bond motifs is 1. The molecule has 1 heterocycles. The molecule has 1 aliphatic heterocycles. The number of benzene rings is 3. The molecular formula is C25H19ClN2O5. The van der Waals surface area contributed by atoms with Gasteiger partial charge < -0.3 is 24.7 Å². The molecule has 166 valence electrons. The van der Waals surface area contributed by atoms with Gasteiger partial charge in [0, 0.05) is 11.6 Å². The van der Waals surface area contributed by atoms with E-state index in [2.05, 4.69) is 6.07 Å². The molecule has 1 aliphatic rings. The van der Waals surface area contributed by atoms with E-state index in [4.69, 9.17) is 36.3 Å². The number of carbonyl (C=O) groups excluding carboxylic acids is 1. The number of ether oxygens (including phenoxy) is 4. The summed E-state index contributed by atoms with van der Waals surface area (Å²) >= 11 is 6.03. The Labute approximate surface area is 195 Å². The second-order valence-corrected chi connectivity index (χ2v) is 7.50. The van der Waals surface area contributed by atoms with Crippen molar-refractivity contribution < 1.29 is 23.7 Å². The van der Waals surface area contributed by atoms with Crippen LogP contribution >= 0.6 is 11.6 Å². The van der Waals surface area contributed by atoms with Gasteiger partial charge in [-0.25, -0.2) is 4.79 Å². The smallest absolute Gasteiger partial charge is 0.349 e. The van der Waals surface area contributed by atoms with Crippen molar-refractivity contribution in [3.63, 3.8) is 0 Å². The standard InChI is InChI=1S/C25H19ClN2O5/c1-30-16-6-4-5-15(11-16)24-18-10-9-17(12-22(18)33-25(28)19(24)13-27)32-23(29)14-31-21-8-3-2-7-20(21)26/h2-12,24H,14,28H2,1H3. The van der Waals surface area contributed by atoms with E-state index in [1.54, 1.807) is 49.6 Å². The lowest BCUT2D eigenvalue weighted by atomic mass is 9.83. The number of hydrogen-bond acceptors (Lipinski definition) is 7. The normalized spacial score (nSPS) is 14.5. The van der Waals surface area contributed by atoms with Crippen LogP contribution in [0.2, 0.25) is 5.02 Å². The molecule has 0 spiro atoms. The molecule has 0 amide bonds. The molecule has 0 aromatic heterocycles. The lowest BCUT2D eigenvalue weighted by molar-refractivity contribution is -0.136. The highest BCUT2D eigenvalue weighted by molar-refractivity contribution is 6.32. The zero-order chi connectivity index (χ0) is 23.4. The molecule has 2 N–H and O–H groups in total. The molecule has 7 nitrogen and oxygen atoms in total. The summed E-state index contributed by atoms with van der Waals surface area (Å²) in [5.74, 6) is 0.589. The SMILES string of the molecule is COc1cccc(C2C(C#N)=C(N)Oc3cc(OC(=O)COc4ccccc4Cl)ccc32)c1. The number of methoxy groups -OCH3 is 1. The minimum absolute atomic E-state index is 0.0108. The molecule has 4 rings (SSSR count). The number of allylic oxidation sites excluding steroid dienone is 1. The number of esters is 1. The lowest BCUT2D eigenvalue weighted by Crippen LogP contribution is -2.21. The highest BCUT2D eigenvalue weighted by Crippen LogP contribution is 2.44. The van der Waals surface area contributed by atoms with Crippen LogP contribution in [0.3, 0.4) is 0 Å². The van der Waals surface area contributed by atoms with Gasteiger partial charge in [-0.1, -0.05) is 41.9 Å². The summed E-state index contributed by atoms with van der Waals surface area (Å²) in [5, 5.41) is 10.1. The zero-order valence-electron chi connectivity index (χ0n) is 17.6. The predicted molar refractivity (Wildman–Crippen MR) is 121 cm³/mol. The Morgan fingerprint density at radius 1 is 1.12 bits per heavy atom. The zero-order valence-corrected chi connectivity index (χ0v) is 18.3. The van der Waals surface area contributed by atoms with E-state index in [9.17, 15) is 10.1 Å². The monoisotopic (exact) mass is 462 g/mol. The first-order valence-electron chi connectivity index (χ1n) is 9.93. The van der Waals surface area contributed by atoms with Crippen LogP contribution in [0.15, 0.2) is 78.2 Å². The fourth-order valence-corrected chi connectivity index (χ4v) is 3.71. The van der Waals surface area contributed by atoms with Gasteiger partial charge in [0.1, 0.15) is 34.6 Å². The van der Waals surface area contributed by atoms with E-state index >= 15 is 0 Å². The van der Waals surface area contributed by atoms with Gasteiger partial charge in [0.05, 0.1) is 18.1 Å². The summed E-state index contributed by atoms with van der Waals surface area (Å²) in [5.41, 5.74) is 7.85. The molecule has 3 aromatic rings. The summed E-state index contributed by atoms with van der Waals surface area (Å²) < 4.78 is 21.8. The molecule has 0 radical (unpaired) electrons. The number of para-hydroxylation sites is 1. The van der Waals surface area contributed by atoms with E-state index in [-0.39, 0.29) is 23.8 Å². The highest BCUT2D eigenvalue weighted by atomic mass is 35.5. The Bertz CT molecular complexity index is 1280. The number of rotatable bonds is 6. The Balaban J connectivity index is 1.57. The molecule has 0 saturated carbocycles. The van der Waals surface area contributed by atoms with Crippen LogP contribution in [0.5, 0.6) is 23.0 Å². The maximum atomic E-state index is 12.3. The Hall–Kier alpha value is -4.15. The van der Waals surface area contributed by atoms with E-state index < -0.39 is 11.9 Å². The molecule has 8 heteroatoms. The maximum Gasteiger partial charge on any atom is 0.349 e. The molecule has 3 aromatic carbocycles. The molecule has 0 aliphatic carbocycles. The Kier molecular flexibility index (Phi) is 6.38. The minimum atomic E-state index is -0.615. The van der Waals surface area contributed by atoms with Gasteiger partial charge in [0.2, 0.25) is 5.88 Å². The molecule has 0 fully saturated rings. The molecule has 1 atom stereocenters. The predicted octanol–water partition coefficient (Wildman–Crippen LogP) is 4.55.